The molecule has 26 heavy (non-hydrogen) atoms. The number of hydrogen-bond donors (Lipinski definition) is 1. The Kier molecular flexibility index (Phi) is 5.41. The molecule has 0 radical (unpaired) electrons. The van der Waals surface area contributed by atoms with Crippen LogP contribution in [0.15, 0.2) is 22.7 Å². The number of carbonyl (C=O) groups is 3. The van der Waals surface area contributed by atoms with Crippen molar-refractivity contribution in [1.29, 1.82) is 0 Å². The Hall–Kier alpha value is -1.83. The number of carbonyl (C=O) groups excluding carboxylic acids is 3. The van der Waals surface area contributed by atoms with Crippen LogP contribution in [0.1, 0.15) is 52.8 Å². The van der Waals surface area contributed by atoms with Crippen LogP contribution >= 0.6 is 15.9 Å². The van der Waals surface area contributed by atoms with Crippen molar-refractivity contribution in [1.82, 2.24) is 10.2 Å². The van der Waals surface area contributed by atoms with E-state index in [-0.39, 0.29) is 56.0 Å². The molecule has 0 aromatic heterocycles. The van der Waals surface area contributed by atoms with Crippen LogP contribution in [-0.2, 0) is 4.79 Å². The molecule has 1 heterocycles. The summed E-state index contributed by atoms with van der Waals surface area (Å²) >= 11 is 3.27. The summed E-state index contributed by atoms with van der Waals surface area (Å²) < 4.78 is 27.0. The van der Waals surface area contributed by atoms with Gasteiger partial charge in [0.25, 0.3) is 11.8 Å². The summed E-state index contributed by atoms with van der Waals surface area (Å²) in [5, 5.41) is 2.67. The van der Waals surface area contributed by atoms with Gasteiger partial charge in [-0.2, -0.15) is 0 Å². The zero-order valence-electron chi connectivity index (χ0n) is 14.1. The van der Waals surface area contributed by atoms with Crippen LogP contribution in [0.3, 0.4) is 0 Å². The Morgan fingerprint density at radius 3 is 2.69 bits per heavy atom. The molecule has 0 saturated heterocycles. The summed E-state index contributed by atoms with van der Waals surface area (Å²) in [6, 6.07) is 4.91. The number of nitrogens with one attached hydrogen (secondary N) is 1. The Morgan fingerprint density at radius 2 is 2.00 bits per heavy atom. The van der Waals surface area contributed by atoms with E-state index in [4.69, 9.17) is 0 Å². The van der Waals surface area contributed by atoms with Gasteiger partial charge in [0.2, 0.25) is 11.8 Å². The standard InChI is InChI=1S/C18H19BrF2N2O3/c19-12-3-4-13-14(8-12)17(26)23(16(13)25)7-1-2-15(24)22-10-11-5-6-18(20,21)9-11/h3-4,8,11H,1-2,5-7,9-10H2,(H,22,24)/t11-/m0/s1. The Bertz CT molecular complexity index is 754. The van der Waals surface area contributed by atoms with Crippen molar-refractivity contribution in [3.63, 3.8) is 0 Å². The van der Waals surface area contributed by atoms with E-state index in [9.17, 15) is 23.2 Å². The maximum Gasteiger partial charge on any atom is 0.261 e. The van der Waals surface area contributed by atoms with E-state index in [0.29, 0.717) is 24.0 Å². The number of hydrogen-bond acceptors (Lipinski definition) is 3. The molecule has 1 N–H and O–H groups in total. The minimum absolute atomic E-state index is 0.122. The van der Waals surface area contributed by atoms with Crippen molar-refractivity contribution < 1.29 is 23.2 Å². The van der Waals surface area contributed by atoms with Gasteiger partial charge in [0.15, 0.2) is 0 Å². The Labute approximate surface area is 158 Å². The fourth-order valence-corrected chi connectivity index (χ4v) is 3.79. The lowest BCUT2D eigenvalue weighted by molar-refractivity contribution is -0.121. The van der Waals surface area contributed by atoms with Gasteiger partial charge in [-0.15, -0.1) is 0 Å². The molecule has 8 heteroatoms. The van der Waals surface area contributed by atoms with Gasteiger partial charge in [0.05, 0.1) is 11.1 Å². The van der Waals surface area contributed by atoms with Gasteiger partial charge in [-0.05, 0) is 37.0 Å². The third-order valence-electron chi connectivity index (χ3n) is 4.81. The van der Waals surface area contributed by atoms with E-state index in [1.165, 1.54) is 0 Å². The number of fused-ring (bicyclic) bond motifs is 1. The lowest BCUT2D eigenvalue weighted by Gasteiger charge is -2.14. The molecule has 1 aliphatic heterocycles. The molecule has 1 aromatic rings. The summed E-state index contributed by atoms with van der Waals surface area (Å²) in [5.41, 5.74) is 0.723. The van der Waals surface area contributed by atoms with Crippen molar-refractivity contribution in [2.24, 2.45) is 5.92 Å². The molecule has 1 aromatic carbocycles. The van der Waals surface area contributed by atoms with Crippen molar-refractivity contribution in [2.75, 3.05) is 13.1 Å². The molecular formula is C18H19BrF2N2O3. The number of nitrogens with zero attached hydrogens (tertiary/aromatic N) is 1. The second kappa shape index (κ2) is 7.42. The summed E-state index contributed by atoms with van der Waals surface area (Å²) in [7, 11) is 0. The van der Waals surface area contributed by atoms with Crippen molar-refractivity contribution >= 4 is 33.7 Å². The average molecular weight is 429 g/mol. The third kappa shape index (κ3) is 4.11. The molecule has 0 bridgehead atoms. The molecule has 2 aliphatic rings. The molecule has 1 aliphatic carbocycles. The van der Waals surface area contributed by atoms with E-state index in [0.717, 1.165) is 9.37 Å². The Balaban J connectivity index is 1.43. The predicted molar refractivity (Wildman–Crippen MR) is 94.0 cm³/mol. The van der Waals surface area contributed by atoms with Crippen LogP contribution in [0.25, 0.3) is 0 Å². The van der Waals surface area contributed by atoms with Crippen molar-refractivity contribution in [3.8, 4) is 0 Å². The average Bonchev–Trinajstić information content (AvgIpc) is 3.04. The molecule has 1 fully saturated rings. The van der Waals surface area contributed by atoms with Gasteiger partial charge in [-0.1, -0.05) is 15.9 Å². The van der Waals surface area contributed by atoms with E-state index < -0.39 is 5.92 Å². The molecule has 5 nitrogen and oxygen atoms in total. The summed E-state index contributed by atoms with van der Waals surface area (Å²) in [4.78, 5) is 37.6. The first-order valence-electron chi connectivity index (χ1n) is 8.57. The Morgan fingerprint density at radius 1 is 1.27 bits per heavy atom. The molecule has 0 unspecified atom stereocenters. The van der Waals surface area contributed by atoms with Gasteiger partial charge < -0.3 is 5.32 Å². The van der Waals surface area contributed by atoms with Crippen LogP contribution in [0.2, 0.25) is 0 Å². The monoisotopic (exact) mass is 428 g/mol. The highest BCUT2D eigenvalue weighted by atomic mass is 79.9. The summed E-state index contributed by atoms with van der Waals surface area (Å²) in [6.07, 6.45) is 0.582. The molecule has 3 amide bonds. The van der Waals surface area contributed by atoms with Crippen LogP contribution < -0.4 is 5.32 Å². The summed E-state index contributed by atoms with van der Waals surface area (Å²) in [6.45, 7) is 0.397. The normalized spacial score (nSPS) is 21.2. The highest BCUT2D eigenvalue weighted by molar-refractivity contribution is 9.10. The number of rotatable bonds is 6. The molecule has 0 spiro atoms. The van der Waals surface area contributed by atoms with Crippen LogP contribution in [0, 0.1) is 5.92 Å². The number of amides is 3. The lowest BCUT2D eigenvalue weighted by atomic mass is 10.1. The first-order chi connectivity index (χ1) is 12.3. The van der Waals surface area contributed by atoms with Crippen LogP contribution in [-0.4, -0.2) is 41.6 Å². The lowest BCUT2D eigenvalue weighted by Crippen LogP contribution is -2.33. The maximum atomic E-state index is 13.1. The fourth-order valence-electron chi connectivity index (χ4n) is 3.43. The quantitative estimate of drug-likeness (QED) is 0.706. The van der Waals surface area contributed by atoms with Gasteiger partial charge in [0, 0.05) is 36.8 Å². The molecule has 1 atom stereocenters. The van der Waals surface area contributed by atoms with E-state index >= 15 is 0 Å². The maximum absolute atomic E-state index is 13.1. The highest BCUT2D eigenvalue weighted by Crippen LogP contribution is 2.38. The number of halogens is 3. The second-order valence-corrected chi connectivity index (χ2v) is 7.74. The first kappa shape index (κ1) is 18.9. The number of imide groups is 1. The van der Waals surface area contributed by atoms with Crippen LogP contribution in [0.4, 0.5) is 8.78 Å². The fraction of sp³-hybridized carbons (Fsp3) is 0.500. The SMILES string of the molecule is O=C(CCCN1C(=O)c2ccc(Br)cc2C1=O)NC[C@H]1CCC(F)(F)C1. The van der Waals surface area contributed by atoms with Gasteiger partial charge in [0.1, 0.15) is 0 Å². The van der Waals surface area contributed by atoms with Gasteiger partial charge >= 0.3 is 0 Å². The molecule has 3 rings (SSSR count). The number of alkyl halides is 2. The zero-order chi connectivity index (χ0) is 18.9. The van der Waals surface area contributed by atoms with Gasteiger partial charge in [-0.3, -0.25) is 19.3 Å². The van der Waals surface area contributed by atoms with Gasteiger partial charge in [-0.25, -0.2) is 8.78 Å². The van der Waals surface area contributed by atoms with Crippen molar-refractivity contribution in [2.45, 2.75) is 38.0 Å². The third-order valence-corrected chi connectivity index (χ3v) is 5.31. The number of benzene rings is 1. The first-order valence-corrected chi connectivity index (χ1v) is 9.36. The molecule has 1 saturated carbocycles. The summed E-state index contributed by atoms with van der Waals surface area (Å²) in [5.74, 6) is -3.77. The topological polar surface area (TPSA) is 66.5 Å². The van der Waals surface area contributed by atoms with E-state index in [1.54, 1.807) is 18.2 Å². The van der Waals surface area contributed by atoms with E-state index in [1.807, 2.05) is 0 Å². The minimum atomic E-state index is -2.62. The molecule has 140 valence electrons. The predicted octanol–water partition coefficient (Wildman–Crippen LogP) is 3.38. The van der Waals surface area contributed by atoms with E-state index in [2.05, 4.69) is 21.2 Å². The zero-order valence-corrected chi connectivity index (χ0v) is 15.7. The smallest absolute Gasteiger partial charge is 0.261 e. The van der Waals surface area contributed by atoms with Crippen molar-refractivity contribution in [3.05, 3.63) is 33.8 Å². The second-order valence-electron chi connectivity index (χ2n) is 6.82. The van der Waals surface area contributed by atoms with Crippen LogP contribution in [0.5, 0.6) is 0 Å². The minimum Gasteiger partial charge on any atom is -0.356 e. The molecular weight excluding hydrogens is 410 g/mol. The highest BCUT2D eigenvalue weighted by Gasteiger charge is 2.39. The largest absolute Gasteiger partial charge is 0.356 e.